The molecule has 1 aliphatic carbocycles. The van der Waals surface area contributed by atoms with Crippen LogP contribution in [-0.2, 0) is 0 Å². The molecule has 1 fully saturated rings. The van der Waals surface area contributed by atoms with Gasteiger partial charge in [0, 0.05) is 17.5 Å². The first-order valence-corrected chi connectivity index (χ1v) is 7.61. The van der Waals surface area contributed by atoms with Crippen molar-refractivity contribution in [1.82, 2.24) is 4.58 Å². The molecule has 0 spiro atoms. The summed E-state index contributed by atoms with van der Waals surface area (Å²) in [6.07, 6.45) is 4.97. The van der Waals surface area contributed by atoms with Gasteiger partial charge in [0.1, 0.15) is 5.22 Å². The number of halogens is 1. The molecule has 2 heteroatoms. The molecule has 0 aromatic heterocycles. The van der Waals surface area contributed by atoms with Crippen LogP contribution in [0.5, 0.6) is 0 Å². The van der Waals surface area contributed by atoms with Crippen molar-refractivity contribution in [2.24, 2.45) is 5.92 Å². The Bertz CT molecular complexity index is 799. The maximum absolute atomic E-state index is 6.58. The summed E-state index contributed by atoms with van der Waals surface area (Å²) in [7, 11) is 0. The molecule has 2 aromatic carbocycles. The Kier molecular flexibility index (Phi) is 2.71. The molecule has 2 aliphatic rings. The van der Waals surface area contributed by atoms with Gasteiger partial charge in [-0.1, -0.05) is 41.4 Å². The van der Waals surface area contributed by atoms with Gasteiger partial charge in [0.25, 0.3) is 0 Å². The van der Waals surface area contributed by atoms with E-state index in [1.165, 1.54) is 34.5 Å². The molecule has 1 aliphatic heterocycles. The van der Waals surface area contributed by atoms with Crippen molar-refractivity contribution < 1.29 is 0 Å². The first kappa shape index (κ1) is 12.2. The van der Waals surface area contributed by atoms with Crippen LogP contribution in [-0.4, -0.2) is 6.54 Å². The highest BCUT2D eigenvalue weighted by molar-refractivity contribution is 6.33. The maximum Gasteiger partial charge on any atom is 0.220 e. The van der Waals surface area contributed by atoms with E-state index in [4.69, 9.17) is 11.6 Å². The van der Waals surface area contributed by atoms with Gasteiger partial charge in [0.15, 0.2) is 12.7 Å². The van der Waals surface area contributed by atoms with Crippen molar-refractivity contribution in [3.63, 3.8) is 0 Å². The van der Waals surface area contributed by atoms with Gasteiger partial charge in [0.05, 0.1) is 5.02 Å². The predicted octanol–water partition coefficient (Wildman–Crippen LogP) is 2.97. The van der Waals surface area contributed by atoms with Crippen molar-refractivity contribution in [1.29, 1.82) is 0 Å². The molecule has 1 nitrogen and oxygen atoms in total. The van der Waals surface area contributed by atoms with Crippen molar-refractivity contribution in [2.75, 3.05) is 6.54 Å². The fourth-order valence-electron chi connectivity index (χ4n) is 2.80. The van der Waals surface area contributed by atoms with Crippen LogP contribution in [0.4, 0.5) is 0 Å². The molecule has 100 valence electrons. The van der Waals surface area contributed by atoms with E-state index in [9.17, 15) is 0 Å². The van der Waals surface area contributed by atoms with E-state index < -0.39 is 0 Å². The second-order valence-corrected chi connectivity index (χ2v) is 6.33. The molecule has 0 saturated heterocycles. The van der Waals surface area contributed by atoms with Crippen molar-refractivity contribution >= 4 is 17.8 Å². The zero-order valence-corrected chi connectivity index (χ0v) is 12.3. The Morgan fingerprint density at radius 3 is 2.55 bits per heavy atom. The van der Waals surface area contributed by atoms with Crippen molar-refractivity contribution in [3.8, 4) is 11.1 Å². The van der Waals surface area contributed by atoms with Crippen LogP contribution < -0.4 is 15.2 Å². The number of benzene rings is 2. The lowest BCUT2D eigenvalue weighted by Gasteiger charge is -2.09. The average Bonchev–Trinajstić information content (AvgIpc) is 3.23. The SMILES string of the molecule is Cc1ccc(-c2ccc3c(c2Cl)=C[N+]=3CC2CC2)cc1. The largest absolute Gasteiger partial charge is 0.220 e. The third kappa shape index (κ3) is 1.97. The molecule has 0 atom stereocenters. The summed E-state index contributed by atoms with van der Waals surface area (Å²) >= 11 is 6.58. The van der Waals surface area contributed by atoms with E-state index in [-0.39, 0.29) is 0 Å². The fraction of sp³-hybridized carbons (Fsp3) is 0.278. The normalized spacial score (nSPS) is 16.4. The van der Waals surface area contributed by atoms with Crippen molar-refractivity contribution in [2.45, 2.75) is 19.8 Å². The van der Waals surface area contributed by atoms with Gasteiger partial charge in [-0.05, 0) is 31.4 Å². The summed E-state index contributed by atoms with van der Waals surface area (Å²) in [6, 6.07) is 12.9. The zero-order chi connectivity index (χ0) is 13.7. The first-order valence-electron chi connectivity index (χ1n) is 7.23. The molecule has 0 amide bonds. The van der Waals surface area contributed by atoms with Crippen LogP contribution in [0.2, 0.25) is 5.02 Å². The average molecular weight is 283 g/mol. The number of nitrogens with zero attached hydrogens (tertiary/aromatic N) is 1. The van der Waals surface area contributed by atoms with Gasteiger partial charge in [-0.25, -0.2) is 0 Å². The standard InChI is InChI=1S/C18H17ClN/c1-12-2-6-14(7-3-12)15-8-9-17-16(18(15)19)11-20(17)10-13-4-5-13/h2-3,6-9,11,13H,4-5,10H2,1H3/q+1. The van der Waals surface area contributed by atoms with Gasteiger partial charge >= 0.3 is 0 Å². The number of hydrogen-bond donors (Lipinski definition) is 0. The monoisotopic (exact) mass is 282 g/mol. The number of fused-ring (bicyclic) bond motifs is 1. The molecule has 0 bridgehead atoms. The van der Waals surface area contributed by atoms with Crippen LogP contribution in [0.25, 0.3) is 17.3 Å². The molecule has 2 aromatic rings. The van der Waals surface area contributed by atoms with Gasteiger partial charge in [-0.15, -0.1) is 0 Å². The van der Waals surface area contributed by atoms with Gasteiger partial charge in [-0.2, -0.15) is 4.58 Å². The molecule has 1 heterocycles. The van der Waals surface area contributed by atoms with Gasteiger partial charge in [0.2, 0.25) is 5.36 Å². The molecule has 0 radical (unpaired) electrons. The van der Waals surface area contributed by atoms with Crippen molar-refractivity contribution in [3.05, 3.63) is 57.6 Å². The van der Waals surface area contributed by atoms with E-state index >= 15 is 0 Å². The summed E-state index contributed by atoms with van der Waals surface area (Å²) in [6.45, 7) is 3.26. The van der Waals surface area contributed by atoms with Crippen LogP contribution in [0.1, 0.15) is 18.4 Å². The third-order valence-electron chi connectivity index (χ3n) is 4.27. The lowest BCUT2D eigenvalue weighted by Crippen LogP contribution is -2.48. The summed E-state index contributed by atoms with van der Waals surface area (Å²) in [5.41, 5.74) is 3.60. The zero-order valence-electron chi connectivity index (χ0n) is 11.6. The van der Waals surface area contributed by atoms with E-state index in [0.29, 0.717) is 0 Å². The number of rotatable bonds is 3. The molecular weight excluding hydrogens is 266 g/mol. The highest BCUT2D eigenvalue weighted by Gasteiger charge is 2.29. The minimum Gasteiger partial charge on any atom is -0.197 e. The van der Waals surface area contributed by atoms with Crippen LogP contribution >= 0.6 is 11.6 Å². The minimum atomic E-state index is 0.887. The van der Waals surface area contributed by atoms with E-state index in [0.717, 1.165) is 23.0 Å². The Morgan fingerprint density at radius 1 is 1.10 bits per heavy atom. The Balaban J connectivity index is 1.77. The van der Waals surface area contributed by atoms with E-state index in [1.807, 2.05) is 0 Å². The van der Waals surface area contributed by atoms with Gasteiger partial charge in [-0.3, -0.25) is 0 Å². The van der Waals surface area contributed by atoms with Crippen LogP contribution in [0.15, 0.2) is 36.4 Å². The summed E-state index contributed by atoms with van der Waals surface area (Å²) in [4.78, 5) is 0. The Hall–Kier alpha value is -1.60. The maximum atomic E-state index is 6.58. The minimum absolute atomic E-state index is 0.887. The molecule has 0 unspecified atom stereocenters. The lowest BCUT2D eigenvalue weighted by molar-refractivity contribution is 0.657. The molecule has 1 saturated carbocycles. The van der Waals surface area contributed by atoms with Crippen LogP contribution in [0, 0.1) is 12.8 Å². The third-order valence-corrected chi connectivity index (χ3v) is 4.67. The first-order chi connectivity index (χ1) is 9.72. The molecule has 0 N–H and O–H groups in total. The second kappa shape index (κ2) is 4.46. The highest BCUT2D eigenvalue weighted by Crippen LogP contribution is 2.29. The molecular formula is C18H17ClN+. The Morgan fingerprint density at radius 2 is 1.85 bits per heavy atom. The van der Waals surface area contributed by atoms with Gasteiger partial charge < -0.3 is 0 Å². The van der Waals surface area contributed by atoms with E-state index in [2.05, 4.69) is 54.1 Å². The number of hydrogen-bond acceptors (Lipinski definition) is 0. The fourth-order valence-corrected chi connectivity index (χ4v) is 3.12. The number of aryl methyl sites for hydroxylation is 1. The van der Waals surface area contributed by atoms with E-state index in [1.54, 1.807) is 0 Å². The summed E-state index contributed by atoms with van der Waals surface area (Å²) < 4.78 is 2.35. The molecule has 20 heavy (non-hydrogen) atoms. The lowest BCUT2D eigenvalue weighted by atomic mass is 10.0. The molecule has 4 rings (SSSR count). The smallest absolute Gasteiger partial charge is 0.197 e. The summed E-state index contributed by atoms with van der Waals surface area (Å²) in [5, 5.41) is 3.38. The highest BCUT2D eigenvalue weighted by atomic mass is 35.5. The van der Waals surface area contributed by atoms with Crippen LogP contribution in [0.3, 0.4) is 0 Å². The Labute approximate surface area is 123 Å². The predicted molar refractivity (Wildman–Crippen MR) is 84.2 cm³/mol. The summed E-state index contributed by atoms with van der Waals surface area (Å²) in [5.74, 6) is 0.898. The second-order valence-electron chi connectivity index (χ2n) is 5.95. The quantitative estimate of drug-likeness (QED) is 0.762. The topological polar surface area (TPSA) is 3.01 Å².